The molecule has 1 atom stereocenters. The van der Waals surface area contributed by atoms with Gasteiger partial charge in [-0.05, 0) is 24.8 Å². The molecule has 4 amide bonds. The maximum atomic E-state index is 13.3. The van der Waals surface area contributed by atoms with Gasteiger partial charge in [0.2, 0.25) is 0 Å². The van der Waals surface area contributed by atoms with Crippen LogP contribution in [-0.4, -0.2) is 82.6 Å². The van der Waals surface area contributed by atoms with Crippen molar-refractivity contribution in [3.63, 3.8) is 0 Å². The first-order valence-corrected chi connectivity index (χ1v) is 11.2. The van der Waals surface area contributed by atoms with Crippen molar-refractivity contribution in [3.05, 3.63) is 59.1 Å². The van der Waals surface area contributed by atoms with Crippen LogP contribution < -0.4 is 0 Å². The van der Waals surface area contributed by atoms with Crippen molar-refractivity contribution in [1.82, 2.24) is 24.8 Å². The third kappa shape index (κ3) is 6.34. The van der Waals surface area contributed by atoms with Crippen molar-refractivity contribution < 1.29 is 43.7 Å². The Balaban J connectivity index is 2.02. The number of rotatable bonds is 12. The lowest BCUT2D eigenvalue weighted by Crippen LogP contribution is -2.61. The van der Waals surface area contributed by atoms with Crippen LogP contribution in [0.2, 0.25) is 0 Å². The highest BCUT2D eigenvalue weighted by Crippen LogP contribution is 2.26. The van der Waals surface area contributed by atoms with Crippen LogP contribution >= 0.6 is 0 Å². The number of aliphatic carboxylic acids is 2. The van der Waals surface area contributed by atoms with Crippen LogP contribution in [0, 0.1) is 0 Å². The second-order valence-electron chi connectivity index (χ2n) is 8.14. The second-order valence-corrected chi connectivity index (χ2v) is 8.14. The summed E-state index contributed by atoms with van der Waals surface area (Å²) < 4.78 is 13.5. The number of aliphatic hydroxyl groups excluding tert-OH is 1. The van der Waals surface area contributed by atoms with Crippen molar-refractivity contribution in [2.24, 2.45) is 0 Å². The number of hydrogen-bond donors (Lipinski definition) is 3. The molecule has 14 heteroatoms. The van der Waals surface area contributed by atoms with Crippen LogP contribution in [0.1, 0.15) is 30.5 Å². The van der Waals surface area contributed by atoms with Gasteiger partial charge in [0.1, 0.15) is 23.9 Å². The predicted molar refractivity (Wildman–Crippen MR) is 122 cm³/mol. The summed E-state index contributed by atoms with van der Waals surface area (Å²) >= 11 is 0. The van der Waals surface area contributed by atoms with E-state index in [0.29, 0.717) is 16.2 Å². The number of aromatic nitrogens is 3. The Morgan fingerprint density at radius 3 is 2.35 bits per heavy atom. The molecule has 3 N–H and O–H groups in total. The molecule has 2 heterocycles. The van der Waals surface area contributed by atoms with Crippen LogP contribution in [0.5, 0.6) is 0 Å². The highest BCUT2D eigenvalue weighted by Gasteiger charge is 2.48. The van der Waals surface area contributed by atoms with Gasteiger partial charge in [0.05, 0.1) is 18.9 Å². The summed E-state index contributed by atoms with van der Waals surface area (Å²) in [5.74, 6) is -6.37. The number of carbonyl (C=O) groups is 5. The van der Waals surface area contributed by atoms with Crippen molar-refractivity contribution in [3.8, 4) is 0 Å². The minimum atomic E-state index is -1.91. The van der Waals surface area contributed by atoms with Crippen molar-refractivity contribution in [2.75, 3.05) is 6.67 Å². The van der Waals surface area contributed by atoms with Gasteiger partial charge in [0.15, 0.2) is 0 Å². The number of carbonyl (C=O) groups excluding carboxylic acids is 3. The van der Waals surface area contributed by atoms with Gasteiger partial charge in [-0.25, -0.2) is 19.2 Å². The van der Waals surface area contributed by atoms with Gasteiger partial charge in [-0.3, -0.25) is 23.7 Å². The quantitative estimate of drug-likeness (QED) is 0.211. The summed E-state index contributed by atoms with van der Waals surface area (Å²) in [6.45, 7) is -1.44. The first-order chi connectivity index (χ1) is 17.6. The minimum Gasteiger partial charge on any atom is -0.509 e. The molecular weight excluding hydrogens is 493 g/mol. The summed E-state index contributed by atoms with van der Waals surface area (Å²) in [6.07, 6.45) is 0.544. The first kappa shape index (κ1) is 27.0. The normalized spacial score (nSPS) is 16.2. The third-order valence-electron chi connectivity index (χ3n) is 5.49. The van der Waals surface area contributed by atoms with Gasteiger partial charge < -0.3 is 15.3 Å². The van der Waals surface area contributed by atoms with Gasteiger partial charge in [0, 0.05) is 12.6 Å². The van der Waals surface area contributed by atoms with Crippen LogP contribution in [0.25, 0.3) is 0 Å². The summed E-state index contributed by atoms with van der Waals surface area (Å²) in [5.41, 5.74) is 0.0142. The van der Waals surface area contributed by atoms with E-state index in [1.54, 1.807) is 30.3 Å². The number of alkyl halides is 1. The van der Waals surface area contributed by atoms with Crippen LogP contribution in [0.3, 0.4) is 0 Å². The zero-order valence-corrected chi connectivity index (χ0v) is 19.5. The molecule has 1 aliphatic heterocycles. The molecule has 0 radical (unpaired) electrons. The number of carboxylic acid groups (broad SMARTS) is 2. The van der Waals surface area contributed by atoms with E-state index in [4.69, 9.17) is 5.11 Å². The topological polar surface area (TPSA) is 183 Å². The monoisotopic (exact) mass is 517 g/mol. The maximum absolute atomic E-state index is 13.3. The number of aryl methyl sites for hydroxylation is 1. The van der Waals surface area contributed by atoms with Gasteiger partial charge in [0.25, 0.3) is 11.8 Å². The van der Waals surface area contributed by atoms with Crippen LogP contribution in [0.15, 0.2) is 47.9 Å². The first-order valence-electron chi connectivity index (χ1n) is 11.2. The molecule has 1 fully saturated rings. The molecule has 0 saturated carbocycles. The smallest absolute Gasteiger partial charge is 0.335 e. The molecule has 1 saturated heterocycles. The van der Waals surface area contributed by atoms with E-state index in [0.717, 1.165) is 4.68 Å². The zero-order valence-electron chi connectivity index (χ0n) is 19.5. The third-order valence-corrected chi connectivity index (χ3v) is 5.49. The summed E-state index contributed by atoms with van der Waals surface area (Å²) in [4.78, 5) is 63.6. The fourth-order valence-corrected chi connectivity index (χ4v) is 3.71. The van der Waals surface area contributed by atoms with Gasteiger partial charge in [-0.1, -0.05) is 35.5 Å². The van der Waals surface area contributed by atoms with E-state index < -0.39 is 73.2 Å². The molecular formula is C23H24FN5O8. The number of amides is 4. The summed E-state index contributed by atoms with van der Waals surface area (Å²) in [5, 5.41) is 37.0. The van der Waals surface area contributed by atoms with E-state index >= 15 is 0 Å². The molecule has 0 aliphatic carbocycles. The van der Waals surface area contributed by atoms with E-state index in [1.807, 2.05) is 0 Å². The lowest BCUT2D eigenvalue weighted by molar-refractivity contribution is -0.151. The van der Waals surface area contributed by atoms with Crippen molar-refractivity contribution in [1.29, 1.82) is 0 Å². The van der Waals surface area contributed by atoms with E-state index in [9.17, 15) is 38.6 Å². The Morgan fingerprint density at radius 2 is 1.73 bits per heavy atom. The molecule has 13 nitrogen and oxygen atoms in total. The minimum absolute atomic E-state index is 0.196. The van der Waals surface area contributed by atoms with E-state index in [-0.39, 0.29) is 24.3 Å². The lowest BCUT2D eigenvalue weighted by Gasteiger charge is -2.37. The number of allylic oxidation sites excluding steroid dienone is 1. The number of urea groups is 1. The molecule has 37 heavy (non-hydrogen) atoms. The molecule has 0 spiro atoms. The molecule has 0 bridgehead atoms. The number of imide groups is 2. The highest BCUT2D eigenvalue weighted by atomic mass is 19.1. The van der Waals surface area contributed by atoms with Gasteiger partial charge in [-0.15, -0.1) is 5.10 Å². The molecule has 1 aromatic carbocycles. The highest BCUT2D eigenvalue weighted by molar-refractivity contribution is 6.29. The Morgan fingerprint density at radius 1 is 1.03 bits per heavy atom. The summed E-state index contributed by atoms with van der Waals surface area (Å²) in [6, 6.07) is 5.00. The number of barbiturate groups is 1. The van der Waals surface area contributed by atoms with Crippen LogP contribution in [-0.2, 0) is 38.7 Å². The molecule has 1 aromatic heterocycles. The van der Waals surface area contributed by atoms with Crippen molar-refractivity contribution in [2.45, 2.75) is 44.8 Å². The molecule has 3 rings (SSSR count). The largest absolute Gasteiger partial charge is 0.509 e. The number of benzene rings is 1. The average Bonchev–Trinajstić information content (AvgIpc) is 3.29. The second kappa shape index (κ2) is 11.9. The molecule has 2 aromatic rings. The van der Waals surface area contributed by atoms with Gasteiger partial charge in [-0.2, -0.15) is 0 Å². The zero-order chi connectivity index (χ0) is 27.1. The fraction of sp³-hybridized carbons (Fsp3) is 0.348. The molecule has 196 valence electrons. The van der Waals surface area contributed by atoms with Gasteiger partial charge >= 0.3 is 18.0 Å². The SMILES string of the molecule is O=C(O)CC[C@@H](C(=O)O)N1C(=O)/C(=C(/O)Cn2cc(CCCF)nn2)C(=O)N(Cc2ccccc2)C1=O. The number of aliphatic hydroxyl groups is 1. The number of hydrogen-bond acceptors (Lipinski definition) is 8. The Labute approximate surface area is 209 Å². The van der Waals surface area contributed by atoms with Crippen LogP contribution in [0.4, 0.5) is 9.18 Å². The fourth-order valence-electron chi connectivity index (χ4n) is 3.71. The Kier molecular flexibility index (Phi) is 8.66. The standard InChI is InChI=1S/C23H24FN5O8/c24-10-4-7-15-12-27(26-25-15)13-17(30)19-20(33)28(11-14-5-2-1-3-6-14)23(37)29(21(19)34)16(22(35)36)8-9-18(31)32/h1-3,5-6,12,16,30H,4,7-11,13H2,(H,31,32)(H,35,36)/b19-17+/t16-/m0/s1. The Hall–Kier alpha value is -4.62. The summed E-state index contributed by atoms with van der Waals surface area (Å²) in [7, 11) is 0. The van der Waals surface area contributed by atoms with Crippen molar-refractivity contribution >= 4 is 29.8 Å². The Bertz CT molecular complexity index is 1230. The number of carboxylic acids is 2. The molecule has 0 unspecified atom stereocenters. The molecule has 1 aliphatic rings. The number of nitrogens with zero attached hydrogens (tertiary/aromatic N) is 5. The van der Waals surface area contributed by atoms with E-state index in [1.165, 1.54) is 6.20 Å². The number of halogens is 1. The lowest BCUT2D eigenvalue weighted by atomic mass is 10.0. The maximum Gasteiger partial charge on any atom is 0.335 e. The predicted octanol–water partition coefficient (Wildman–Crippen LogP) is 1.30. The van der Waals surface area contributed by atoms with E-state index in [2.05, 4.69) is 10.3 Å². The average molecular weight is 517 g/mol.